The number of carbonyl (C=O) groups is 5. The van der Waals surface area contributed by atoms with Crippen molar-refractivity contribution in [3.8, 4) is 5.75 Å². The summed E-state index contributed by atoms with van der Waals surface area (Å²) in [6.45, 7) is 3.93. The van der Waals surface area contributed by atoms with Crippen molar-refractivity contribution < 1.29 is 39.0 Å². The number of benzene rings is 1. The number of hydrogen-bond acceptors (Lipinski definition) is 10. The molecule has 0 spiro atoms. The number of phenols is 1. The minimum atomic E-state index is -2.73. The SMILES string of the molecule is CC(C)ONCc1ccc(O)c2c1C[C@H]1C[C@H]3[C@H](N(C)C)C(=O)C(C(N)=O)C(=O)[C@@]3(O)C(=O)C1C2=O. The number of phenolic OH excluding ortho intramolecular Hbond substituents is 1. The largest absolute Gasteiger partial charge is 0.507 e. The molecular weight excluding hydrogens is 470 g/mol. The van der Waals surface area contributed by atoms with E-state index in [2.05, 4.69) is 5.48 Å². The number of hydroxylamine groups is 1. The minimum absolute atomic E-state index is 0.00884. The molecule has 0 heterocycles. The summed E-state index contributed by atoms with van der Waals surface area (Å²) in [5.74, 6) is -10.5. The van der Waals surface area contributed by atoms with E-state index in [9.17, 15) is 34.2 Å². The molecule has 0 aliphatic heterocycles. The molecular formula is C25H31N3O8. The lowest BCUT2D eigenvalue weighted by Crippen LogP contribution is -2.74. The lowest BCUT2D eigenvalue weighted by molar-refractivity contribution is -0.181. The van der Waals surface area contributed by atoms with Gasteiger partial charge in [0.2, 0.25) is 5.91 Å². The molecule has 11 nitrogen and oxygen atoms in total. The van der Waals surface area contributed by atoms with Gasteiger partial charge in [-0.2, -0.15) is 5.48 Å². The predicted octanol–water partition coefficient (Wildman–Crippen LogP) is -0.703. The van der Waals surface area contributed by atoms with E-state index in [0.717, 1.165) is 0 Å². The molecule has 0 aromatic heterocycles. The number of likely N-dealkylation sites (N-methyl/N-ethyl adjacent to an activating group) is 1. The summed E-state index contributed by atoms with van der Waals surface area (Å²) in [6, 6.07) is 1.88. The monoisotopic (exact) mass is 501 g/mol. The van der Waals surface area contributed by atoms with Crippen molar-refractivity contribution >= 4 is 29.0 Å². The third-order valence-electron chi connectivity index (χ3n) is 7.62. The van der Waals surface area contributed by atoms with Gasteiger partial charge in [-0.05, 0) is 63.9 Å². The quantitative estimate of drug-likeness (QED) is 0.288. The van der Waals surface area contributed by atoms with Crippen LogP contribution >= 0.6 is 0 Å². The number of rotatable bonds is 6. The number of nitrogens with zero attached hydrogens (tertiary/aromatic N) is 1. The van der Waals surface area contributed by atoms with Crippen molar-refractivity contribution in [3.05, 3.63) is 28.8 Å². The number of ketones is 4. The zero-order valence-electron chi connectivity index (χ0n) is 20.6. The molecule has 2 saturated carbocycles. The van der Waals surface area contributed by atoms with Gasteiger partial charge >= 0.3 is 0 Å². The van der Waals surface area contributed by atoms with Crippen molar-refractivity contribution in [1.82, 2.24) is 10.4 Å². The van der Waals surface area contributed by atoms with Crippen LogP contribution in [-0.4, -0.2) is 76.0 Å². The zero-order valence-corrected chi connectivity index (χ0v) is 20.6. The molecule has 4 rings (SSSR count). The number of nitrogens with two attached hydrogens (primary N) is 1. The van der Waals surface area contributed by atoms with Gasteiger partial charge in [-0.3, -0.25) is 33.7 Å². The number of hydrogen-bond donors (Lipinski definition) is 4. The van der Waals surface area contributed by atoms with E-state index in [1.54, 1.807) is 20.2 Å². The highest BCUT2D eigenvalue weighted by Crippen LogP contribution is 2.50. The summed E-state index contributed by atoms with van der Waals surface area (Å²) in [6.07, 6.45) is 0.125. The van der Waals surface area contributed by atoms with Crippen LogP contribution in [0.3, 0.4) is 0 Å². The highest BCUT2D eigenvalue weighted by Gasteiger charge is 2.69. The molecule has 194 valence electrons. The summed E-state index contributed by atoms with van der Waals surface area (Å²) < 4.78 is 0. The Morgan fingerprint density at radius 1 is 1.22 bits per heavy atom. The molecule has 3 aliphatic rings. The standard InChI is InChI=1S/C25H31N3O8/c1-10(2)36-27-9-11-5-6-15(29)17-13(11)7-12-8-14-19(28(3)4)21(31)18(24(26)34)23(33)25(14,35)22(32)16(12)20(17)30/h5-6,10,12,14,16,18-19,27,29,35H,7-9H2,1-4H3,(H2,26,34)/t12-,14-,16?,18?,19-,25-/m0/s1. The summed E-state index contributed by atoms with van der Waals surface area (Å²) >= 11 is 0. The fraction of sp³-hybridized carbons (Fsp3) is 0.560. The average Bonchev–Trinajstić information content (AvgIpc) is 2.77. The smallest absolute Gasteiger partial charge is 0.235 e. The molecule has 2 unspecified atom stereocenters. The Hall–Kier alpha value is -2.99. The number of nitrogens with one attached hydrogen (secondary N) is 1. The minimum Gasteiger partial charge on any atom is -0.507 e. The highest BCUT2D eigenvalue weighted by atomic mass is 16.7. The van der Waals surface area contributed by atoms with Crippen LogP contribution in [0, 0.1) is 23.7 Å². The molecule has 1 aromatic rings. The Kier molecular flexibility index (Phi) is 6.63. The van der Waals surface area contributed by atoms with Crippen LogP contribution in [0.2, 0.25) is 0 Å². The molecule has 2 fully saturated rings. The van der Waals surface area contributed by atoms with Gasteiger partial charge in [0.1, 0.15) is 5.75 Å². The molecule has 3 aliphatic carbocycles. The number of fused-ring (bicyclic) bond motifs is 3. The Labute approximate surface area is 207 Å². The zero-order chi connectivity index (χ0) is 26.7. The van der Waals surface area contributed by atoms with Gasteiger partial charge in [0, 0.05) is 12.5 Å². The molecule has 6 atom stereocenters. The van der Waals surface area contributed by atoms with Crippen LogP contribution in [0.1, 0.15) is 41.8 Å². The third-order valence-corrected chi connectivity index (χ3v) is 7.62. The topological polar surface area (TPSA) is 176 Å². The summed E-state index contributed by atoms with van der Waals surface area (Å²) in [7, 11) is 3.09. The third kappa shape index (κ3) is 3.78. The number of Topliss-reactive ketones (excluding diaryl/α,β-unsaturated/α-hetero) is 4. The summed E-state index contributed by atoms with van der Waals surface area (Å²) in [5.41, 5.74) is 6.62. The Morgan fingerprint density at radius 2 is 1.89 bits per heavy atom. The Balaban J connectivity index is 1.79. The molecule has 0 bridgehead atoms. The molecule has 1 amide bonds. The molecule has 0 radical (unpaired) electrons. The van der Waals surface area contributed by atoms with Crippen molar-refractivity contribution in [1.29, 1.82) is 0 Å². The second-order valence-electron chi connectivity index (χ2n) is 10.4. The van der Waals surface area contributed by atoms with Crippen LogP contribution in [-0.2, 0) is 37.0 Å². The molecule has 1 aromatic carbocycles. The van der Waals surface area contributed by atoms with Crippen LogP contribution in [0.5, 0.6) is 5.75 Å². The maximum absolute atomic E-state index is 13.7. The maximum atomic E-state index is 13.7. The van der Waals surface area contributed by atoms with Crippen LogP contribution < -0.4 is 11.2 Å². The van der Waals surface area contributed by atoms with Crippen LogP contribution in [0.15, 0.2) is 12.1 Å². The van der Waals surface area contributed by atoms with E-state index in [1.165, 1.54) is 11.0 Å². The molecule has 11 heteroatoms. The maximum Gasteiger partial charge on any atom is 0.235 e. The van der Waals surface area contributed by atoms with Crippen LogP contribution in [0.4, 0.5) is 0 Å². The normalized spacial score (nSPS) is 31.9. The van der Waals surface area contributed by atoms with E-state index < -0.39 is 64.4 Å². The lowest BCUT2D eigenvalue weighted by atomic mass is 9.52. The predicted molar refractivity (Wildman–Crippen MR) is 124 cm³/mol. The van der Waals surface area contributed by atoms with Crippen molar-refractivity contribution in [2.45, 2.75) is 51.0 Å². The van der Waals surface area contributed by atoms with E-state index in [1.807, 2.05) is 13.8 Å². The fourth-order valence-electron chi connectivity index (χ4n) is 6.12. The first kappa shape index (κ1) is 26.1. The first-order valence-corrected chi connectivity index (χ1v) is 11.9. The fourth-order valence-corrected chi connectivity index (χ4v) is 6.12. The number of amides is 1. The second kappa shape index (κ2) is 9.15. The van der Waals surface area contributed by atoms with Gasteiger partial charge in [0.05, 0.1) is 23.6 Å². The molecule has 36 heavy (non-hydrogen) atoms. The van der Waals surface area contributed by atoms with E-state index in [4.69, 9.17) is 10.6 Å². The highest BCUT2D eigenvalue weighted by molar-refractivity contribution is 6.32. The first-order chi connectivity index (χ1) is 16.8. The average molecular weight is 502 g/mol. The molecule has 5 N–H and O–H groups in total. The van der Waals surface area contributed by atoms with Crippen molar-refractivity contribution in [3.63, 3.8) is 0 Å². The van der Waals surface area contributed by atoms with E-state index in [0.29, 0.717) is 11.1 Å². The molecule has 0 saturated heterocycles. The van der Waals surface area contributed by atoms with Gasteiger partial charge in [0.15, 0.2) is 34.7 Å². The number of carbonyl (C=O) groups excluding carboxylic acids is 5. The number of aromatic hydroxyl groups is 1. The van der Waals surface area contributed by atoms with Crippen molar-refractivity contribution in [2.24, 2.45) is 29.4 Å². The van der Waals surface area contributed by atoms with Crippen molar-refractivity contribution in [2.75, 3.05) is 14.1 Å². The van der Waals surface area contributed by atoms with Gasteiger partial charge in [-0.15, -0.1) is 0 Å². The first-order valence-electron chi connectivity index (χ1n) is 11.9. The summed E-state index contributed by atoms with van der Waals surface area (Å²) in [5, 5.41) is 22.1. The van der Waals surface area contributed by atoms with E-state index in [-0.39, 0.29) is 36.8 Å². The van der Waals surface area contributed by atoms with Gasteiger partial charge in [0.25, 0.3) is 0 Å². The van der Waals surface area contributed by atoms with Crippen LogP contribution in [0.25, 0.3) is 0 Å². The van der Waals surface area contributed by atoms with Gasteiger partial charge in [-0.25, -0.2) is 0 Å². The number of aliphatic hydroxyl groups is 1. The second-order valence-corrected chi connectivity index (χ2v) is 10.4. The van der Waals surface area contributed by atoms with Gasteiger partial charge in [-0.1, -0.05) is 6.07 Å². The van der Waals surface area contributed by atoms with E-state index >= 15 is 0 Å². The Bertz CT molecular complexity index is 1160. The van der Waals surface area contributed by atoms with Gasteiger partial charge < -0.3 is 15.9 Å². The number of primary amides is 1. The lowest BCUT2D eigenvalue weighted by Gasteiger charge is -2.52. The Morgan fingerprint density at radius 3 is 2.47 bits per heavy atom. The summed E-state index contributed by atoms with van der Waals surface area (Å²) in [4.78, 5) is 72.6.